The Hall–Kier alpha value is -1.07. The fourth-order valence-corrected chi connectivity index (χ4v) is 3.58. The molecule has 0 atom stereocenters. The highest BCUT2D eigenvalue weighted by molar-refractivity contribution is 7.16. The number of nitrogens with two attached hydrogens (primary N) is 1. The maximum atomic E-state index is 11.8. The molecular formula is C14H22N2O2S. The number of carbonyl (C=O) groups is 1. The van der Waals surface area contributed by atoms with Gasteiger partial charge in [0, 0.05) is 18.0 Å². The van der Waals surface area contributed by atoms with Gasteiger partial charge in [-0.1, -0.05) is 13.8 Å². The second-order valence-electron chi connectivity index (χ2n) is 5.44. The number of rotatable bonds is 4. The highest BCUT2D eigenvalue weighted by Crippen LogP contribution is 2.35. The zero-order valence-corrected chi connectivity index (χ0v) is 12.7. The molecule has 106 valence electrons. The van der Waals surface area contributed by atoms with Crippen LogP contribution in [0, 0.1) is 5.92 Å². The van der Waals surface area contributed by atoms with Gasteiger partial charge in [0.25, 0.3) is 0 Å². The van der Waals surface area contributed by atoms with E-state index in [4.69, 9.17) is 10.5 Å². The molecule has 1 aromatic rings. The van der Waals surface area contributed by atoms with Crippen LogP contribution < -0.4 is 5.73 Å². The number of hydrogen-bond acceptors (Lipinski definition) is 5. The Kier molecular flexibility index (Phi) is 4.47. The second kappa shape index (κ2) is 5.92. The number of esters is 1. The lowest BCUT2D eigenvalue weighted by Crippen LogP contribution is -2.31. The summed E-state index contributed by atoms with van der Waals surface area (Å²) >= 11 is 1.53. The van der Waals surface area contributed by atoms with Crippen LogP contribution in [0.2, 0.25) is 0 Å². The zero-order valence-electron chi connectivity index (χ0n) is 11.9. The summed E-state index contributed by atoms with van der Waals surface area (Å²) in [7, 11) is 1.41. The molecule has 2 N–H and O–H groups in total. The third kappa shape index (κ3) is 3.09. The van der Waals surface area contributed by atoms with Crippen molar-refractivity contribution < 1.29 is 9.53 Å². The maximum Gasteiger partial charge on any atom is 0.341 e. The Morgan fingerprint density at radius 3 is 2.89 bits per heavy atom. The van der Waals surface area contributed by atoms with E-state index in [-0.39, 0.29) is 5.97 Å². The molecule has 2 rings (SSSR count). The number of methoxy groups -OCH3 is 1. The smallest absolute Gasteiger partial charge is 0.341 e. The Balaban J connectivity index is 2.12. The molecule has 1 aliphatic rings. The molecule has 0 amide bonds. The van der Waals surface area contributed by atoms with Crippen molar-refractivity contribution in [1.82, 2.24) is 4.90 Å². The molecule has 19 heavy (non-hydrogen) atoms. The first-order chi connectivity index (χ1) is 9.02. The Morgan fingerprint density at radius 1 is 1.53 bits per heavy atom. The molecular weight excluding hydrogens is 260 g/mol. The van der Waals surface area contributed by atoms with Gasteiger partial charge in [0.1, 0.15) is 5.00 Å². The fraction of sp³-hybridized carbons (Fsp3) is 0.643. The van der Waals surface area contributed by atoms with E-state index in [0.29, 0.717) is 10.6 Å². The zero-order chi connectivity index (χ0) is 14.0. The van der Waals surface area contributed by atoms with E-state index >= 15 is 0 Å². The maximum absolute atomic E-state index is 11.8. The van der Waals surface area contributed by atoms with Crippen LogP contribution in [0.5, 0.6) is 0 Å². The van der Waals surface area contributed by atoms with Crippen LogP contribution in [0.4, 0.5) is 5.00 Å². The predicted octanol–water partition coefficient (Wildman–Crippen LogP) is 2.52. The van der Waals surface area contributed by atoms with Gasteiger partial charge < -0.3 is 10.5 Å². The number of fused-ring (bicyclic) bond motifs is 1. The third-order valence-electron chi connectivity index (χ3n) is 3.58. The van der Waals surface area contributed by atoms with E-state index in [0.717, 1.165) is 37.5 Å². The fourth-order valence-electron chi connectivity index (χ4n) is 2.44. The Morgan fingerprint density at radius 2 is 2.26 bits per heavy atom. The SMILES string of the molecule is COC(=O)c1c(N)sc2c1CCN(CCC(C)C)C2. The highest BCUT2D eigenvalue weighted by atomic mass is 32.1. The summed E-state index contributed by atoms with van der Waals surface area (Å²) in [4.78, 5) is 15.4. The van der Waals surface area contributed by atoms with Crippen molar-refractivity contribution in [2.24, 2.45) is 5.92 Å². The molecule has 4 nitrogen and oxygen atoms in total. The van der Waals surface area contributed by atoms with Gasteiger partial charge in [0.05, 0.1) is 12.7 Å². The molecule has 0 radical (unpaired) electrons. The van der Waals surface area contributed by atoms with Crippen molar-refractivity contribution >= 4 is 22.3 Å². The van der Waals surface area contributed by atoms with Crippen molar-refractivity contribution in [3.8, 4) is 0 Å². The molecule has 1 aromatic heterocycles. The normalized spacial score (nSPS) is 15.6. The number of ether oxygens (including phenoxy) is 1. The van der Waals surface area contributed by atoms with Gasteiger partial charge in [-0.05, 0) is 30.9 Å². The minimum atomic E-state index is -0.300. The molecule has 0 aliphatic carbocycles. The summed E-state index contributed by atoms with van der Waals surface area (Å²) in [5, 5.41) is 0.600. The standard InChI is InChI=1S/C14H22N2O2S/c1-9(2)4-6-16-7-5-10-11(8-16)19-13(15)12(10)14(17)18-3/h9H,4-8,15H2,1-3H3. The molecule has 0 aromatic carbocycles. The van der Waals surface area contributed by atoms with E-state index in [2.05, 4.69) is 18.7 Å². The summed E-state index contributed by atoms with van der Waals surface area (Å²) in [6, 6.07) is 0. The summed E-state index contributed by atoms with van der Waals surface area (Å²) < 4.78 is 4.82. The molecule has 2 heterocycles. The van der Waals surface area contributed by atoms with Crippen LogP contribution in [0.25, 0.3) is 0 Å². The first-order valence-electron chi connectivity index (χ1n) is 6.73. The van der Waals surface area contributed by atoms with E-state index in [1.165, 1.54) is 29.7 Å². The van der Waals surface area contributed by atoms with Crippen LogP contribution in [-0.4, -0.2) is 31.1 Å². The number of nitrogen functional groups attached to an aromatic ring is 1. The first-order valence-corrected chi connectivity index (χ1v) is 7.55. The van der Waals surface area contributed by atoms with Gasteiger partial charge in [0.2, 0.25) is 0 Å². The lowest BCUT2D eigenvalue weighted by Gasteiger charge is -2.27. The average Bonchev–Trinajstić information content (AvgIpc) is 2.70. The predicted molar refractivity (Wildman–Crippen MR) is 78.5 cm³/mol. The summed E-state index contributed by atoms with van der Waals surface area (Å²) in [6.45, 7) is 7.51. The van der Waals surface area contributed by atoms with Gasteiger partial charge >= 0.3 is 5.97 Å². The highest BCUT2D eigenvalue weighted by Gasteiger charge is 2.27. The Labute approximate surface area is 118 Å². The van der Waals surface area contributed by atoms with Crippen LogP contribution >= 0.6 is 11.3 Å². The van der Waals surface area contributed by atoms with Crippen LogP contribution in [0.3, 0.4) is 0 Å². The van der Waals surface area contributed by atoms with Gasteiger partial charge in [-0.25, -0.2) is 4.79 Å². The van der Waals surface area contributed by atoms with Gasteiger partial charge in [-0.2, -0.15) is 0 Å². The van der Waals surface area contributed by atoms with Gasteiger partial charge in [0.15, 0.2) is 0 Å². The minimum Gasteiger partial charge on any atom is -0.465 e. The van der Waals surface area contributed by atoms with Crippen LogP contribution in [-0.2, 0) is 17.7 Å². The van der Waals surface area contributed by atoms with Gasteiger partial charge in [-0.3, -0.25) is 4.90 Å². The molecule has 0 fully saturated rings. The van der Waals surface area contributed by atoms with E-state index in [1.807, 2.05) is 0 Å². The molecule has 0 unspecified atom stereocenters. The number of carbonyl (C=O) groups excluding carboxylic acids is 1. The van der Waals surface area contributed by atoms with Crippen molar-refractivity contribution in [2.75, 3.05) is 25.9 Å². The topological polar surface area (TPSA) is 55.6 Å². The monoisotopic (exact) mass is 282 g/mol. The molecule has 5 heteroatoms. The lowest BCUT2D eigenvalue weighted by molar-refractivity contribution is 0.0600. The van der Waals surface area contributed by atoms with Crippen molar-refractivity contribution in [2.45, 2.75) is 33.2 Å². The number of hydrogen-bond donors (Lipinski definition) is 1. The average molecular weight is 282 g/mol. The molecule has 0 saturated heterocycles. The van der Waals surface area contributed by atoms with Crippen LogP contribution in [0.15, 0.2) is 0 Å². The minimum absolute atomic E-state index is 0.300. The second-order valence-corrected chi connectivity index (χ2v) is 6.58. The lowest BCUT2D eigenvalue weighted by atomic mass is 10.0. The Bertz CT molecular complexity index is 468. The quantitative estimate of drug-likeness (QED) is 0.862. The van der Waals surface area contributed by atoms with Gasteiger partial charge in [-0.15, -0.1) is 11.3 Å². The summed E-state index contributed by atoms with van der Waals surface area (Å²) in [5.41, 5.74) is 7.67. The third-order valence-corrected chi connectivity index (χ3v) is 4.62. The molecule has 0 bridgehead atoms. The molecule has 0 saturated carbocycles. The van der Waals surface area contributed by atoms with Crippen molar-refractivity contribution in [3.63, 3.8) is 0 Å². The van der Waals surface area contributed by atoms with E-state index in [9.17, 15) is 4.79 Å². The number of thiophene rings is 1. The largest absolute Gasteiger partial charge is 0.465 e. The molecule has 1 aliphatic heterocycles. The van der Waals surface area contributed by atoms with Crippen LogP contribution in [0.1, 0.15) is 41.1 Å². The summed E-state index contributed by atoms with van der Waals surface area (Å²) in [5.74, 6) is 0.422. The van der Waals surface area contributed by atoms with E-state index < -0.39 is 0 Å². The van der Waals surface area contributed by atoms with E-state index in [1.54, 1.807) is 0 Å². The number of nitrogens with zero attached hydrogens (tertiary/aromatic N) is 1. The number of anilines is 1. The van der Waals surface area contributed by atoms with Crippen molar-refractivity contribution in [1.29, 1.82) is 0 Å². The first kappa shape index (κ1) is 14.3. The summed E-state index contributed by atoms with van der Waals surface area (Å²) in [6.07, 6.45) is 2.10. The van der Waals surface area contributed by atoms with Crippen molar-refractivity contribution in [3.05, 3.63) is 16.0 Å². The molecule has 0 spiro atoms.